The second kappa shape index (κ2) is 5.48. The first-order valence-corrected chi connectivity index (χ1v) is 6.71. The van der Waals surface area contributed by atoms with Crippen LogP contribution in [0.25, 0.3) is 0 Å². The number of rotatable bonds is 5. The van der Waals surface area contributed by atoms with E-state index in [1.54, 1.807) is 0 Å². The van der Waals surface area contributed by atoms with Gasteiger partial charge in [-0.1, -0.05) is 26.7 Å². The number of nitrogens with zero attached hydrogens (tertiary/aromatic N) is 2. The van der Waals surface area contributed by atoms with E-state index in [-0.39, 0.29) is 0 Å². The molecule has 94 valence electrons. The Kier molecular flexibility index (Phi) is 3.97. The Morgan fingerprint density at radius 2 is 2.18 bits per heavy atom. The van der Waals surface area contributed by atoms with Gasteiger partial charge in [-0.05, 0) is 24.8 Å². The van der Waals surface area contributed by atoms with E-state index in [1.165, 1.54) is 25.7 Å². The lowest BCUT2D eigenvalue weighted by molar-refractivity contribution is -0.119. The first-order valence-electron chi connectivity index (χ1n) is 6.71. The Hall–Kier alpha value is -1.12. The zero-order valence-corrected chi connectivity index (χ0v) is 10.9. The van der Waals surface area contributed by atoms with E-state index >= 15 is 0 Å². The van der Waals surface area contributed by atoms with E-state index in [9.17, 15) is 4.79 Å². The lowest BCUT2D eigenvalue weighted by Crippen LogP contribution is -2.09. The summed E-state index contributed by atoms with van der Waals surface area (Å²) in [6, 6.07) is 2.57. The van der Waals surface area contributed by atoms with Crippen LogP contribution in [-0.4, -0.2) is 15.6 Å². The Balaban J connectivity index is 1.91. The predicted molar refractivity (Wildman–Crippen MR) is 67.9 cm³/mol. The van der Waals surface area contributed by atoms with Crippen molar-refractivity contribution in [2.75, 3.05) is 0 Å². The average molecular weight is 234 g/mol. The first kappa shape index (κ1) is 12.3. The van der Waals surface area contributed by atoms with Gasteiger partial charge < -0.3 is 0 Å². The van der Waals surface area contributed by atoms with Gasteiger partial charge in [-0.3, -0.25) is 9.48 Å². The van der Waals surface area contributed by atoms with E-state index in [0.717, 1.165) is 5.69 Å². The van der Waals surface area contributed by atoms with Gasteiger partial charge in [0, 0.05) is 12.6 Å². The van der Waals surface area contributed by atoms with Gasteiger partial charge in [0.05, 0.1) is 18.2 Å². The normalized spacial score (nSPS) is 16.9. The molecule has 1 saturated carbocycles. The molecule has 3 heteroatoms. The standard InChI is InChI=1S/C14H22N2O/c1-11(2)9-14(17)10-12-7-8-16(15-12)13-5-3-4-6-13/h7-8,11,13H,3-6,9-10H2,1-2H3. The summed E-state index contributed by atoms with van der Waals surface area (Å²) in [6.45, 7) is 4.16. The number of ketones is 1. The van der Waals surface area contributed by atoms with Crippen molar-refractivity contribution in [2.45, 2.75) is 58.4 Å². The maximum atomic E-state index is 11.7. The molecule has 1 aliphatic rings. The Morgan fingerprint density at radius 1 is 1.47 bits per heavy atom. The minimum atomic E-state index is 0.302. The van der Waals surface area contributed by atoms with Crippen molar-refractivity contribution in [2.24, 2.45) is 5.92 Å². The van der Waals surface area contributed by atoms with Crippen molar-refractivity contribution < 1.29 is 4.79 Å². The van der Waals surface area contributed by atoms with Crippen LogP contribution >= 0.6 is 0 Å². The van der Waals surface area contributed by atoms with Gasteiger partial charge in [0.2, 0.25) is 0 Å². The third-order valence-electron chi connectivity index (χ3n) is 3.38. The summed E-state index contributed by atoms with van der Waals surface area (Å²) >= 11 is 0. The molecule has 3 nitrogen and oxygen atoms in total. The number of aromatic nitrogens is 2. The molecule has 0 atom stereocenters. The van der Waals surface area contributed by atoms with Gasteiger partial charge in [-0.2, -0.15) is 5.10 Å². The molecule has 17 heavy (non-hydrogen) atoms. The van der Waals surface area contributed by atoms with Crippen LogP contribution in [0.5, 0.6) is 0 Å². The fraction of sp³-hybridized carbons (Fsp3) is 0.714. The highest BCUT2D eigenvalue weighted by Crippen LogP contribution is 2.28. The second-order valence-electron chi connectivity index (χ2n) is 5.54. The SMILES string of the molecule is CC(C)CC(=O)Cc1ccn(C2CCCC2)n1. The minimum Gasteiger partial charge on any atom is -0.299 e. The van der Waals surface area contributed by atoms with E-state index in [0.29, 0.717) is 30.6 Å². The van der Waals surface area contributed by atoms with Crippen LogP contribution in [0.15, 0.2) is 12.3 Å². The summed E-state index contributed by atoms with van der Waals surface area (Å²) in [5, 5.41) is 4.54. The maximum absolute atomic E-state index is 11.7. The van der Waals surface area contributed by atoms with Gasteiger partial charge in [-0.15, -0.1) is 0 Å². The fourth-order valence-corrected chi connectivity index (χ4v) is 2.57. The Bertz CT molecular complexity index is 375. The Morgan fingerprint density at radius 3 is 2.82 bits per heavy atom. The van der Waals surface area contributed by atoms with Crippen LogP contribution in [0.3, 0.4) is 0 Å². The molecule has 0 aromatic carbocycles. The van der Waals surface area contributed by atoms with E-state index in [1.807, 2.05) is 12.3 Å². The summed E-state index contributed by atoms with van der Waals surface area (Å²) in [6.07, 6.45) is 8.29. The lowest BCUT2D eigenvalue weighted by Gasteiger charge is -2.08. The van der Waals surface area contributed by atoms with Crippen LogP contribution in [0, 0.1) is 5.92 Å². The number of carbonyl (C=O) groups excluding carboxylic acids is 1. The summed E-state index contributed by atoms with van der Waals surface area (Å²) < 4.78 is 2.06. The molecule has 1 heterocycles. The lowest BCUT2D eigenvalue weighted by atomic mass is 10.0. The van der Waals surface area contributed by atoms with Crippen LogP contribution in [-0.2, 0) is 11.2 Å². The predicted octanol–water partition coefficient (Wildman–Crippen LogP) is 3.16. The molecular formula is C14H22N2O. The monoisotopic (exact) mass is 234 g/mol. The third-order valence-corrected chi connectivity index (χ3v) is 3.38. The van der Waals surface area contributed by atoms with Crippen molar-refractivity contribution in [3.8, 4) is 0 Å². The number of carbonyl (C=O) groups is 1. The maximum Gasteiger partial charge on any atom is 0.139 e. The van der Waals surface area contributed by atoms with Crippen LogP contribution in [0.4, 0.5) is 0 Å². The van der Waals surface area contributed by atoms with Crippen molar-refractivity contribution in [1.82, 2.24) is 9.78 Å². The van der Waals surface area contributed by atoms with Crippen LogP contribution in [0.1, 0.15) is 57.7 Å². The van der Waals surface area contributed by atoms with E-state index < -0.39 is 0 Å². The zero-order valence-electron chi connectivity index (χ0n) is 10.9. The number of Topliss-reactive ketones (excluding diaryl/α,β-unsaturated/α-hetero) is 1. The molecule has 0 bridgehead atoms. The second-order valence-corrected chi connectivity index (χ2v) is 5.54. The fourth-order valence-electron chi connectivity index (χ4n) is 2.57. The molecule has 1 aromatic rings. The molecule has 2 rings (SSSR count). The van der Waals surface area contributed by atoms with E-state index in [2.05, 4.69) is 23.6 Å². The summed E-state index contributed by atoms with van der Waals surface area (Å²) in [5.41, 5.74) is 0.933. The zero-order chi connectivity index (χ0) is 12.3. The first-order chi connectivity index (χ1) is 8.15. The van der Waals surface area contributed by atoms with Gasteiger partial charge >= 0.3 is 0 Å². The molecule has 1 aromatic heterocycles. The molecule has 0 saturated heterocycles. The molecule has 0 aliphatic heterocycles. The molecule has 0 amide bonds. The smallest absolute Gasteiger partial charge is 0.139 e. The minimum absolute atomic E-state index is 0.302. The molecular weight excluding hydrogens is 212 g/mol. The molecule has 1 aliphatic carbocycles. The molecule has 0 N–H and O–H groups in total. The van der Waals surface area contributed by atoms with Crippen molar-refractivity contribution in [1.29, 1.82) is 0 Å². The number of hydrogen-bond acceptors (Lipinski definition) is 2. The van der Waals surface area contributed by atoms with Crippen molar-refractivity contribution in [3.63, 3.8) is 0 Å². The van der Waals surface area contributed by atoms with Gasteiger partial charge in [0.1, 0.15) is 5.78 Å². The van der Waals surface area contributed by atoms with Gasteiger partial charge in [0.15, 0.2) is 0 Å². The quantitative estimate of drug-likeness (QED) is 0.784. The van der Waals surface area contributed by atoms with Crippen molar-refractivity contribution >= 4 is 5.78 Å². The molecule has 0 radical (unpaired) electrons. The highest BCUT2D eigenvalue weighted by molar-refractivity contribution is 5.80. The Labute approximate surface area is 103 Å². The van der Waals surface area contributed by atoms with E-state index in [4.69, 9.17) is 0 Å². The molecule has 0 unspecified atom stereocenters. The topological polar surface area (TPSA) is 34.9 Å². The summed E-state index contributed by atoms with van der Waals surface area (Å²) in [5.74, 6) is 0.746. The van der Waals surface area contributed by atoms with Crippen molar-refractivity contribution in [3.05, 3.63) is 18.0 Å². The van der Waals surface area contributed by atoms with Gasteiger partial charge in [-0.25, -0.2) is 0 Å². The third kappa shape index (κ3) is 3.42. The number of hydrogen-bond donors (Lipinski definition) is 0. The largest absolute Gasteiger partial charge is 0.299 e. The summed E-state index contributed by atoms with van der Waals surface area (Å²) in [7, 11) is 0. The highest BCUT2D eigenvalue weighted by Gasteiger charge is 2.18. The summed E-state index contributed by atoms with van der Waals surface area (Å²) in [4.78, 5) is 11.7. The average Bonchev–Trinajstić information content (AvgIpc) is 2.84. The molecule has 1 fully saturated rings. The van der Waals surface area contributed by atoms with Crippen LogP contribution in [0.2, 0.25) is 0 Å². The van der Waals surface area contributed by atoms with Gasteiger partial charge in [0.25, 0.3) is 0 Å². The highest BCUT2D eigenvalue weighted by atomic mass is 16.1. The molecule has 0 spiro atoms. The van der Waals surface area contributed by atoms with Crippen LogP contribution < -0.4 is 0 Å².